The number of benzene rings is 3. The Morgan fingerprint density at radius 1 is 0.955 bits per heavy atom. The van der Waals surface area contributed by atoms with Gasteiger partial charge in [0.1, 0.15) is 55.4 Å². The number of aromatic nitrogens is 2. The molecule has 18 heteroatoms. The van der Waals surface area contributed by atoms with Crippen molar-refractivity contribution >= 4 is 29.5 Å². The van der Waals surface area contributed by atoms with Crippen LogP contribution in [-0.4, -0.2) is 109 Å². The second kappa shape index (κ2) is 21.4. The van der Waals surface area contributed by atoms with Crippen LogP contribution < -0.4 is 47.9 Å². The number of nitrogens with one attached hydrogen (secondary N) is 4. The van der Waals surface area contributed by atoms with E-state index in [2.05, 4.69) is 57.2 Å². The van der Waals surface area contributed by atoms with Crippen molar-refractivity contribution in [2.75, 3.05) is 46.4 Å². The molecule has 348 valence electrons. The van der Waals surface area contributed by atoms with Crippen LogP contribution in [0.15, 0.2) is 60.8 Å². The Hall–Kier alpha value is -6.94. The van der Waals surface area contributed by atoms with Gasteiger partial charge in [-0.05, 0) is 97.7 Å². The minimum Gasteiger partial charge on any atom is -0.492 e. The monoisotopic (exact) mass is 901 g/mol. The van der Waals surface area contributed by atoms with Crippen LogP contribution in [0.3, 0.4) is 0 Å². The Balaban J connectivity index is 1.37. The molecule has 0 radical (unpaired) electrons. The first-order chi connectivity index (χ1) is 31.6. The van der Waals surface area contributed by atoms with Gasteiger partial charge in [-0.15, -0.1) is 0 Å². The van der Waals surface area contributed by atoms with Crippen molar-refractivity contribution in [1.82, 2.24) is 36.1 Å². The van der Waals surface area contributed by atoms with Crippen LogP contribution in [0.2, 0.25) is 0 Å². The number of nitrogens with two attached hydrogens (primary N) is 3. The summed E-state index contributed by atoms with van der Waals surface area (Å²) in [6.45, 7) is 7.98. The summed E-state index contributed by atoms with van der Waals surface area (Å²) in [7, 11) is 1.42. The second-order valence-electron chi connectivity index (χ2n) is 17.1. The van der Waals surface area contributed by atoms with Crippen LogP contribution in [0.4, 0.5) is 0 Å². The summed E-state index contributed by atoms with van der Waals surface area (Å²) in [6.07, 6.45) is 3.45. The molecule has 2 aliphatic rings. The van der Waals surface area contributed by atoms with Crippen molar-refractivity contribution < 1.29 is 33.4 Å². The van der Waals surface area contributed by atoms with Crippen LogP contribution >= 0.6 is 0 Å². The molecule has 4 bridgehead atoms. The van der Waals surface area contributed by atoms with Gasteiger partial charge in [-0.2, -0.15) is 5.26 Å². The van der Waals surface area contributed by atoms with E-state index in [9.17, 15) is 24.0 Å². The first-order valence-electron chi connectivity index (χ1n) is 22.0. The lowest BCUT2D eigenvalue weighted by Gasteiger charge is -2.32. The number of carbonyl (C=O) groups is 5. The summed E-state index contributed by atoms with van der Waals surface area (Å²) in [6, 6.07) is 13.3. The number of hydrogen-bond acceptors (Lipinski definition) is 13. The number of nitriles is 1. The Morgan fingerprint density at radius 2 is 1.65 bits per heavy atom. The number of carbonyl (C=O) groups excluding carboxylic acids is 5. The van der Waals surface area contributed by atoms with Crippen LogP contribution in [-0.2, 0) is 37.4 Å². The standard InChI is InChI=1S/C48H59N11O7/c1-27-35(26-54-42(55-27)32-7-9-36-30(24-32)12-14-48(36,3)4)44(61)57-37(13-15-49)47(64)59(5)41-31-8-11-40(66-21-18-52)34(25-31)33-22-29(6-10-39(33)65-20-17-51)23-38(45(62)53-19-16-50)58-43(60)28(2)56-46(41)63/h6-11,22,24-26,28,37-38,41H,12-15,17-21,23,49,51-52H2,1-5H3,(H,53,62)(H,56,63)(H,57,61)(H,58,60)/t28-,37?,38-,41-/m0/s1. The lowest BCUT2D eigenvalue weighted by atomic mass is 9.86. The van der Waals surface area contributed by atoms with Crippen molar-refractivity contribution in [2.45, 2.75) is 83.0 Å². The third kappa shape index (κ3) is 10.9. The van der Waals surface area contributed by atoms with E-state index in [4.69, 9.17) is 31.9 Å². The number of fused-ring (bicyclic) bond motifs is 6. The molecule has 5 amide bonds. The molecular formula is C48H59N11O7. The van der Waals surface area contributed by atoms with Gasteiger partial charge in [0, 0.05) is 49.4 Å². The molecule has 0 saturated carbocycles. The van der Waals surface area contributed by atoms with Crippen LogP contribution in [0.25, 0.3) is 22.5 Å². The van der Waals surface area contributed by atoms with Crippen molar-refractivity contribution in [3.05, 3.63) is 94.3 Å². The van der Waals surface area contributed by atoms with Crippen LogP contribution in [0, 0.1) is 18.3 Å². The summed E-state index contributed by atoms with van der Waals surface area (Å²) in [5.74, 6) is -2.10. The molecular weight excluding hydrogens is 843 g/mol. The third-order valence-electron chi connectivity index (χ3n) is 11.9. The highest BCUT2D eigenvalue weighted by Gasteiger charge is 2.36. The molecule has 0 saturated heterocycles. The maximum absolute atomic E-state index is 14.7. The quantitative estimate of drug-likeness (QED) is 0.0841. The fourth-order valence-corrected chi connectivity index (χ4v) is 8.38. The molecule has 4 aromatic rings. The van der Waals surface area contributed by atoms with E-state index in [1.54, 1.807) is 43.3 Å². The van der Waals surface area contributed by atoms with Gasteiger partial charge >= 0.3 is 0 Å². The second-order valence-corrected chi connectivity index (χ2v) is 17.1. The first-order valence-corrected chi connectivity index (χ1v) is 22.0. The van der Waals surface area contributed by atoms with Crippen molar-refractivity contribution in [3.63, 3.8) is 0 Å². The maximum atomic E-state index is 14.7. The molecule has 0 fully saturated rings. The van der Waals surface area contributed by atoms with Crippen molar-refractivity contribution in [2.24, 2.45) is 17.2 Å². The van der Waals surface area contributed by atoms with Gasteiger partial charge < -0.3 is 52.8 Å². The molecule has 18 nitrogen and oxygen atoms in total. The van der Waals surface area contributed by atoms with E-state index in [-0.39, 0.29) is 63.2 Å². The Bertz CT molecular complexity index is 2520. The number of amides is 5. The summed E-state index contributed by atoms with van der Waals surface area (Å²) >= 11 is 0. The van der Waals surface area contributed by atoms with Gasteiger partial charge in [0.05, 0.1) is 17.3 Å². The van der Waals surface area contributed by atoms with Gasteiger partial charge in [0.15, 0.2) is 5.82 Å². The van der Waals surface area contributed by atoms with E-state index < -0.39 is 53.7 Å². The van der Waals surface area contributed by atoms with Crippen LogP contribution in [0.5, 0.6) is 11.5 Å². The van der Waals surface area contributed by atoms with E-state index in [1.807, 2.05) is 12.1 Å². The van der Waals surface area contributed by atoms with E-state index >= 15 is 0 Å². The topological polar surface area (TPSA) is 283 Å². The normalized spacial score (nSPS) is 18.0. The van der Waals surface area contributed by atoms with E-state index in [0.717, 1.165) is 18.4 Å². The minimum atomic E-state index is -1.40. The zero-order valence-corrected chi connectivity index (χ0v) is 38.0. The first kappa shape index (κ1) is 48.5. The SMILES string of the molecule is Cc1nc(-c2ccc3c(c2)CCC3(C)C)ncc1C(=O)NC(CCN)C(=O)N(C)[C@@H]1C(=O)N[C@@H](C)C(=O)N[C@H](C(=O)NCC#N)Cc2ccc(OCCN)c(c2)-c2cc1ccc2OCCN. The van der Waals surface area contributed by atoms with Gasteiger partial charge in [-0.25, -0.2) is 9.97 Å². The third-order valence-corrected chi connectivity index (χ3v) is 11.9. The van der Waals surface area contributed by atoms with E-state index in [0.29, 0.717) is 45.3 Å². The molecule has 1 aromatic heterocycles. The summed E-state index contributed by atoms with van der Waals surface area (Å²) in [5, 5.41) is 19.9. The molecule has 66 heavy (non-hydrogen) atoms. The molecule has 1 unspecified atom stereocenters. The molecule has 3 aromatic carbocycles. The van der Waals surface area contributed by atoms with Gasteiger partial charge in [-0.3, -0.25) is 24.0 Å². The van der Waals surface area contributed by atoms with Gasteiger partial charge in [0.2, 0.25) is 23.6 Å². The minimum absolute atomic E-state index is 0.00364. The number of rotatable bonds is 15. The highest BCUT2D eigenvalue weighted by Crippen LogP contribution is 2.41. The smallest absolute Gasteiger partial charge is 0.255 e. The fraction of sp³-hybridized carbons (Fsp3) is 0.417. The molecule has 0 spiro atoms. The number of hydrogen-bond donors (Lipinski definition) is 7. The zero-order valence-electron chi connectivity index (χ0n) is 38.0. The van der Waals surface area contributed by atoms with Crippen molar-refractivity contribution in [3.8, 4) is 40.1 Å². The predicted octanol–water partition coefficient (Wildman–Crippen LogP) is 1.85. The molecule has 1 aliphatic heterocycles. The Kier molecular flexibility index (Phi) is 15.7. The van der Waals surface area contributed by atoms with Gasteiger partial charge in [-0.1, -0.05) is 38.1 Å². The highest BCUT2D eigenvalue weighted by atomic mass is 16.5. The molecule has 6 rings (SSSR count). The van der Waals surface area contributed by atoms with Crippen LogP contribution in [0.1, 0.15) is 78.0 Å². The Labute approximate surface area is 384 Å². The Morgan fingerprint density at radius 3 is 2.32 bits per heavy atom. The molecule has 4 atom stereocenters. The van der Waals surface area contributed by atoms with Crippen molar-refractivity contribution in [1.29, 1.82) is 5.26 Å². The number of aryl methyl sites for hydroxylation is 2. The number of nitrogens with zero attached hydrogens (tertiary/aromatic N) is 4. The average molecular weight is 902 g/mol. The highest BCUT2D eigenvalue weighted by molar-refractivity contribution is 6.00. The zero-order chi connectivity index (χ0) is 47.7. The number of ether oxygens (including phenoxy) is 2. The maximum Gasteiger partial charge on any atom is 0.255 e. The lowest BCUT2D eigenvalue weighted by molar-refractivity contribution is -0.141. The average Bonchev–Trinajstić information content (AvgIpc) is 3.61. The lowest BCUT2D eigenvalue weighted by Crippen LogP contribution is -2.56. The largest absolute Gasteiger partial charge is 0.492 e. The van der Waals surface area contributed by atoms with Gasteiger partial charge in [0.25, 0.3) is 5.91 Å². The molecule has 2 heterocycles. The van der Waals surface area contributed by atoms with E-state index in [1.165, 1.54) is 36.2 Å². The fourth-order valence-electron chi connectivity index (χ4n) is 8.38. The predicted molar refractivity (Wildman–Crippen MR) is 247 cm³/mol. The summed E-state index contributed by atoms with van der Waals surface area (Å²) in [5.41, 5.74) is 23.6. The molecule has 1 aliphatic carbocycles. The molecule has 10 N–H and O–H groups in total. The summed E-state index contributed by atoms with van der Waals surface area (Å²) < 4.78 is 12.2. The summed E-state index contributed by atoms with van der Waals surface area (Å²) in [4.78, 5) is 80.7. The number of likely N-dealkylation sites (N-methyl/N-ethyl adjacent to an activating group) is 1.